The molecule has 0 fully saturated rings. The van der Waals surface area contributed by atoms with Crippen LogP contribution in [0, 0.1) is 4.78 Å². The lowest BCUT2D eigenvalue weighted by Gasteiger charge is -2.24. The number of alkyl halides is 6. The first-order valence-electron chi connectivity index (χ1n) is 6.97. The highest BCUT2D eigenvalue weighted by Gasteiger charge is 2.40. The van der Waals surface area contributed by atoms with Gasteiger partial charge in [-0.05, 0) is 35.8 Å². The number of rotatable bonds is 2. The summed E-state index contributed by atoms with van der Waals surface area (Å²) < 4.78 is 85.4. The van der Waals surface area contributed by atoms with E-state index in [4.69, 9.17) is 4.78 Å². The van der Waals surface area contributed by atoms with Crippen LogP contribution >= 0.6 is 11.3 Å². The molecule has 0 aliphatic carbocycles. The predicted molar refractivity (Wildman–Crippen MR) is 85.4 cm³/mol. The first-order chi connectivity index (χ1) is 12.0. The summed E-state index contributed by atoms with van der Waals surface area (Å²) in [4.78, 5) is 1.87. The van der Waals surface area contributed by atoms with Gasteiger partial charge in [-0.1, -0.05) is 17.4 Å². The zero-order chi connectivity index (χ0) is 19.3. The summed E-state index contributed by atoms with van der Waals surface area (Å²) in [5, 5.41) is 4.47. The normalized spacial score (nSPS) is 21.2. The molecule has 1 aliphatic heterocycles. The molecule has 0 saturated carbocycles. The molecule has 2 aromatic rings. The molecular weight excluding hydrogens is 402 g/mol. The summed E-state index contributed by atoms with van der Waals surface area (Å²) >= 11 is 0.294. The van der Waals surface area contributed by atoms with Crippen LogP contribution in [0.25, 0.3) is 0 Å². The van der Waals surface area contributed by atoms with E-state index in [-0.39, 0.29) is 10.7 Å². The molecule has 0 spiro atoms. The maximum atomic E-state index is 12.9. The summed E-state index contributed by atoms with van der Waals surface area (Å²) in [6.45, 7) is 1.60. The van der Waals surface area contributed by atoms with Gasteiger partial charge in [0.1, 0.15) is 5.37 Å². The Hall–Kier alpha value is -1.95. The number of hydrogen-bond donors (Lipinski definition) is 1. The maximum absolute atomic E-state index is 12.9. The summed E-state index contributed by atoms with van der Waals surface area (Å²) in [5.74, 6) is 0. The van der Waals surface area contributed by atoms with Crippen molar-refractivity contribution in [2.75, 3.05) is 4.90 Å². The first kappa shape index (κ1) is 18.8. The van der Waals surface area contributed by atoms with Crippen LogP contribution in [0.1, 0.15) is 27.9 Å². The smallest absolute Gasteiger partial charge is 0.327 e. The quantitative estimate of drug-likeness (QED) is 0.678. The fourth-order valence-corrected chi connectivity index (χ4v) is 4.69. The van der Waals surface area contributed by atoms with Crippen LogP contribution in [-0.4, -0.2) is 10.2 Å². The van der Waals surface area contributed by atoms with Crippen molar-refractivity contribution in [1.82, 2.24) is 10.2 Å². The van der Waals surface area contributed by atoms with Gasteiger partial charge in [0.25, 0.3) is 0 Å². The lowest BCUT2D eigenvalue weighted by Crippen LogP contribution is -2.21. The van der Waals surface area contributed by atoms with Gasteiger partial charge in [-0.3, -0.25) is 4.78 Å². The Morgan fingerprint density at radius 3 is 2.38 bits per heavy atom. The number of benzene rings is 1. The third kappa shape index (κ3) is 3.47. The van der Waals surface area contributed by atoms with E-state index < -0.39 is 39.0 Å². The largest absolute Gasteiger partial charge is 0.445 e. The molecule has 2 atom stereocenters. The third-order valence-electron chi connectivity index (χ3n) is 3.51. The number of hydrogen-bond acceptors (Lipinski definition) is 5. The second-order valence-electron chi connectivity index (χ2n) is 5.33. The standard InChI is InChI=1S/C14H10F6N4S2/c1-7-6-24(9-4-2-3-8(5-9)13(15,16)17)11(26(7)21)10-22-23-12(25-10)14(18,19)20/h2-6,11,21H,1H3. The van der Waals surface area contributed by atoms with Crippen molar-refractivity contribution in [1.29, 1.82) is 4.78 Å². The van der Waals surface area contributed by atoms with Crippen LogP contribution in [-0.2, 0) is 23.0 Å². The molecule has 0 radical (unpaired) electrons. The van der Waals surface area contributed by atoms with Crippen LogP contribution in [0.5, 0.6) is 0 Å². The third-order valence-corrected chi connectivity index (χ3v) is 6.38. The van der Waals surface area contributed by atoms with Gasteiger partial charge in [-0.15, -0.1) is 10.2 Å². The second-order valence-corrected chi connectivity index (χ2v) is 8.10. The summed E-state index contributed by atoms with van der Waals surface area (Å²) in [6.07, 6.45) is -7.76. The first-order valence-corrected chi connectivity index (χ1v) is 9.08. The molecule has 0 saturated heterocycles. The molecule has 140 valence electrons. The van der Waals surface area contributed by atoms with E-state index in [0.29, 0.717) is 16.2 Å². The lowest BCUT2D eigenvalue weighted by molar-refractivity contribution is -0.138. The van der Waals surface area contributed by atoms with E-state index in [9.17, 15) is 26.3 Å². The number of allylic oxidation sites excluding steroid dienone is 1. The zero-order valence-electron chi connectivity index (χ0n) is 12.9. The van der Waals surface area contributed by atoms with Gasteiger partial charge in [0.15, 0.2) is 5.01 Å². The number of anilines is 1. The molecule has 2 heterocycles. The lowest BCUT2D eigenvalue weighted by atomic mass is 10.2. The topological polar surface area (TPSA) is 52.9 Å². The highest BCUT2D eigenvalue weighted by molar-refractivity contribution is 7.90. The highest BCUT2D eigenvalue weighted by Crippen LogP contribution is 2.43. The van der Waals surface area contributed by atoms with Gasteiger partial charge in [-0.25, -0.2) is 0 Å². The van der Waals surface area contributed by atoms with Gasteiger partial charge in [0, 0.05) is 16.8 Å². The molecule has 26 heavy (non-hydrogen) atoms. The molecule has 1 N–H and O–H groups in total. The number of nitrogens with zero attached hydrogens (tertiary/aromatic N) is 3. The van der Waals surface area contributed by atoms with Crippen LogP contribution in [0.4, 0.5) is 32.0 Å². The van der Waals surface area contributed by atoms with Gasteiger partial charge >= 0.3 is 12.4 Å². The molecule has 1 aliphatic rings. The van der Waals surface area contributed by atoms with Gasteiger partial charge < -0.3 is 4.90 Å². The molecule has 4 nitrogen and oxygen atoms in total. The summed E-state index contributed by atoms with van der Waals surface area (Å²) in [7, 11) is -1.28. The van der Waals surface area contributed by atoms with E-state index in [1.54, 1.807) is 6.92 Å². The Bertz CT molecular complexity index is 886. The van der Waals surface area contributed by atoms with Crippen molar-refractivity contribution >= 4 is 27.7 Å². The van der Waals surface area contributed by atoms with Crippen molar-refractivity contribution in [3.8, 4) is 0 Å². The Labute approximate surface area is 150 Å². The Morgan fingerprint density at radius 2 is 1.81 bits per heavy atom. The number of nitrogens with one attached hydrogen (secondary N) is 1. The SMILES string of the molecule is CC1=CN(c2cccc(C(F)(F)F)c2)C(c2nnc(C(F)(F)F)s2)S1=N. The van der Waals surface area contributed by atoms with Crippen molar-refractivity contribution in [2.45, 2.75) is 24.7 Å². The van der Waals surface area contributed by atoms with Gasteiger partial charge in [0.05, 0.1) is 5.56 Å². The molecule has 12 heteroatoms. The zero-order valence-corrected chi connectivity index (χ0v) is 14.5. The molecule has 0 amide bonds. The van der Waals surface area contributed by atoms with Crippen molar-refractivity contribution in [3.05, 3.63) is 50.9 Å². The molecular formula is C14H10F6N4S2. The minimum Gasteiger partial charge on any atom is -0.327 e. The van der Waals surface area contributed by atoms with Gasteiger partial charge in [-0.2, -0.15) is 26.3 Å². The maximum Gasteiger partial charge on any atom is 0.445 e. The second kappa shape index (κ2) is 6.34. The van der Waals surface area contributed by atoms with E-state index >= 15 is 0 Å². The van der Waals surface area contributed by atoms with Crippen LogP contribution in [0.2, 0.25) is 0 Å². The van der Waals surface area contributed by atoms with Crippen LogP contribution in [0.3, 0.4) is 0 Å². The van der Waals surface area contributed by atoms with Crippen LogP contribution < -0.4 is 4.90 Å². The average molecular weight is 412 g/mol. The monoisotopic (exact) mass is 412 g/mol. The molecule has 1 aromatic carbocycles. The highest BCUT2D eigenvalue weighted by atomic mass is 32.2. The fraction of sp³-hybridized carbons (Fsp3) is 0.286. The minimum absolute atomic E-state index is 0.0684. The minimum atomic E-state index is -4.67. The van der Waals surface area contributed by atoms with E-state index in [0.717, 1.165) is 12.1 Å². The van der Waals surface area contributed by atoms with Crippen molar-refractivity contribution < 1.29 is 26.3 Å². The number of halogens is 6. The Morgan fingerprint density at radius 1 is 1.12 bits per heavy atom. The fourth-order valence-electron chi connectivity index (χ4n) is 2.33. The van der Waals surface area contributed by atoms with E-state index in [2.05, 4.69) is 10.2 Å². The van der Waals surface area contributed by atoms with Gasteiger partial charge in [0.2, 0.25) is 5.01 Å². The molecule has 2 unspecified atom stereocenters. The van der Waals surface area contributed by atoms with Crippen molar-refractivity contribution in [3.63, 3.8) is 0 Å². The molecule has 1 aromatic heterocycles. The molecule has 0 bridgehead atoms. The van der Waals surface area contributed by atoms with E-state index in [1.807, 2.05) is 0 Å². The van der Waals surface area contributed by atoms with Crippen molar-refractivity contribution in [2.24, 2.45) is 0 Å². The number of aromatic nitrogens is 2. The Kier molecular flexibility index (Phi) is 4.59. The summed E-state index contributed by atoms with van der Waals surface area (Å²) in [5.41, 5.74) is -0.764. The Balaban J connectivity index is 2.03. The predicted octanol–water partition coefficient (Wildman–Crippen LogP) is 5.34. The average Bonchev–Trinajstić information content (AvgIpc) is 3.12. The summed E-state index contributed by atoms with van der Waals surface area (Å²) in [6, 6.07) is 4.41. The van der Waals surface area contributed by atoms with Crippen LogP contribution in [0.15, 0.2) is 35.4 Å². The molecule has 3 rings (SSSR count). The van der Waals surface area contributed by atoms with E-state index in [1.165, 1.54) is 23.2 Å².